The van der Waals surface area contributed by atoms with E-state index >= 15 is 0 Å². The molecule has 1 aromatic heterocycles. The highest BCUT2D eigenvalue weighted by atomic mass is 16.6. The number of allylic oxidation sites excluding steroid dienone is 2. The van der Waals surface area contributed by atoms with E-state index in [9.17, 15) is 29.7 Å². The normalized spacial score (nSPS) is 22.4. The maximum Gasteiger partial charge on any atom is 0.405 e. The summed E-state index contributed by atoms with van der Waals surface area (Å²) in [6.07, 6.45) is 4.39. The molecule has 1 saturated heterocycles. The Hall–Kier alpha value is -6.21. The van der Waals surface area contributed by atoms with Gasteiger partial charge in [-0.3, -0.25) is 9.59 Å². The average molecular weight is 811 g/mol. The molecule has 2 amide bonds. The first-order chi connectivity index (χ1) is 28.3. The lowest BCUT2D eigenvalue weighted by atomic mass is 9.91. The van der Waals surface area contributed by atoms with Crippen LogP contribution in [0.4, 0.5) is 22.1 Å². The number of benzene rings is 2. The molecule has 3 aliphatic heterocycles. The van der Waals surface area contributed by atoms with Gasteiger partial charge in [0.2, 0.25) is 0 Å². The first kappa shape index (κ1) is 42.4. The number of primary amides is 1. The van der Waals surface area contributed by atoms with Crippen molar-refractivity contribution in [1.82, 2.24) is 0 Å². The lowest BCUT2D eigenvalue weighted by Gasteiger charge is -2.30. The Morgan fingerprint density at radius 2 is 1.93 bits per heavy atom. The number of carbonyl (C=O) groups is 2. The number of phenolic OH excluding ortho intramolecular Hbond substituents is 2. The fourth-order valence-electron chi connectivity index (χ4n) is 7.26. The molecule has 0 spiro atoms. The number of hydrogen-bond donors (Lipinski definition) is 6. The number of aliphatic hydroxyl groups is 1. The molecule has 5 atom stereocenters. The first-order valence-electron chi connectivity index (χ1n) is 19.4. The van der Waals surface area contributed by atoms with E-state index in [-0.39, 0.29) is 46.0 Å². The van der Waals surface area contributed by atoms with Crippen molar-refractivity contribution >= 4 is 46.3 Å². The predicted octanol–water partition coefficient (Wildman–Crippen LogP) is 5.29. The number of aromatic hydroxyl groups is 2. The molecule has 0 aliphatic carbocycles. The Labute approximate surface area is 341 Å². The molecule has 2 aromatic carbocycles. The van der Waals surface area contributed by atoms with E-state index in [2.05, 4.69) is 22.5 Å². The zero-order valence-electron chi connectivity index (χ0n) is 33.4. The molecule has 6 rings (SSSR count). The van der Waals surface area contributed by atoms with Crippen LogP contribution < -0.4 is 26.7 Å². The summed E-state index contributed by atoms with van der Waals surface area (Å²) in [7, 11) is 1.48. The Bertz CT molecular complexity index is 2310. The van der Waals surface area contributed by atoms with Crippen molar-refractivity contribution in [3.05, 3.63) is 92.9 Å². The minimum atomic E-state index is -1.06. The third-order valence-corrected chi connectivity index (χ3v) is 10.3. The van der Waals surface area contributed by atoms with Crippen molar-refractivity contribution in [2.45, 2.75) is 64.4 Å². The van der Waals surface area contributed by atoms with Crippen LogP contribution in [0.3, 0.4) is 0 Å². The molecule has 0 radical (unpaired) electrons. The number of nitrogens with one attached hydrogen (secondary N) is 2. The number of amides is 2. The van der Waals surface area contributed by atoms with Crippen LogP contribution in [0.25, 0.3) is 17.0 Å². The topological polar surface area (TPSA) is 215 Å². The largest absolute Gasteiger partial charge is 0.506 e. The van der Waals surface area contributed by atoms with Crippen LogP contribution >= 0.6 is 0 Å². The second-order valence-corrected chi connectivity index (χ2v) is 14.7. The Balaban J connectivity index is 1.25. The van der Waals surface area contributed by atoms with Gasteiger partial charge in [-0.25, -0.2) is 4.79 Å². The van der Waals surface area contributed by atoms with E-state index in [0.29, 0.717) is 79.3 Å². The average Bonchev–Trinajstić information content (AvgIpc) is 3.22. The van der Waals surface area contributed by atoms with Gasteiger partial charge in [0, 0.05) is 56.8 Å². The summed E-state index contributed by atoms with van der Waals surface area (Å²) in [6, 6.07) is 8.02. The third kappa shape index (κ3) is 10.1. The van der Waals surface area contributed by atoms with Gasteiger partial charge in [0.1, 0.15) is 11.5 Å². The van der Waals surface area contributed by atoms with Gasteiger partial charge in [0.25, 0.3) is 5.91 Å². The molecule has 3 aromatic rings. The highest BCUT2D eigenvalue weighted by molar-refractivity contribution is 6.04. The lowest BCUT2D eigenvalue weighted by Crippen LogP contribution is -2.38. The fraction of sp³-hybridized carbons (Fsp3) is 0.386. The van der Waals surface area contributed by atoms with Crippen molar-refractivity contribution in [3.8, 4) is 23.3 Å². The maximum absolute atomic E-state index is 13.5. The molecular formula is C44H50N4O11. The van der Waals surface area contributed by atoms with Gasteiger partial charge in [-0.05, 0) is 62.6 Å². The Morgan fingerprint density at radius 1 is 1.15 bits per heavy atom. The zero-order chi connectivity index (χ0) is 42.2. The van der Waals surface area contributed by atoms with Gasteiger partial charge in [-0.2, -0.15) is 0 Å². The predicted molar refractivity (Wildman–Crippen MR) is 223 cm³/mol. The summed E-state index contributed by atoms with van der Waals surface area (Å²) in [6.45, 7) is 7.95. The number of carbonyl (C=O) groups excluding carboxylic acids is 2. The Morgan fingerprint density at radius 3 is 2.68 bits per heavy atom. The molecule has 3 aliphatic rings. The van der Waals surface area contributed by atoms with Gasteiger partial charge in [0.05, 0.1) is 47.7 Å². The van der Waals surface area contributed by atoms with Crippen LogP contribution in [-0.2, 0) is 23.7 Å². The van der Waals surface area contributed by atoms with E-state index in [1.54, 1.807) is 57.2 Å². The van der Waals surface area contributed by atoms with Gasteiger partial charge in [-0.1, -0.05) is 42.6 Å². The van der Waals surface area contributed by atoms with Crippen LogP contribution in [0.2, 0.25) is 0 Å². The lowest BCUT2D eigenvalue weighted by molar-refractivity contribution is -0.117. The van der Waals surface area contributed by atoms with Gasteiger partial charge >= 0.3 is 6.09 Å². The number of fused-ring (bicyclic) bond motifs is 5. The van der Waals surface area contributed by atoms with Crippen LogP contribution in [0.15, 0.2) is 80.8 Å². The molecule has 59 heavy (non-hydrogen) atoms. The standard InChI is InChI=1S/C44H50N4O11/c1-25-20-30-38(46-15-7-5-6-10-28-11-8-12-29-32(49)24-37(58-42(28)29)48-16-18-56-19-17-48)33(50)23-31(40(30)52)47-43(53)35-14-9-13-34(57-35)41(59-44(45)54)27(3)22-26(2)39(51)36(21-25)55-4/h8-9,11-14,20,22-24,26,34,36,39,41,46,50-52H,5,7,15-19,21H2,1-4H3,(H2,45,54)(H,47,53)/t26-,34-,36+,39+,41-/m0/s1. The van der Waals surface area contributed by atoms with Crippen LogP contribution in [0.1, 0.15) is 51.2 Å². The molecule has 0 saturated carbocycles. The molecule has 1 fully saturated rings. The number of ether oxygens (including phenoxy) is 4. The zero-order valence-corrected chi connectivity index (χ0v) is 33.4. The number of para-hydroxylation sites is 1. The highest BCUT2D eigenvalue weighted by Gasteiger charge is 2.32. The number of rotatable bonds is 7. The maximum atomic E-state index is 13.5. The van der Waals surface area contributed by atoms with Crippen molar-refractivity contribution in [2.24, 2.45) is 11.7 Å². The van der Waals surface area contributed by atoms with Crippen LogP contribution in [0, 0.1) is 17.8 Å². The third-order valence-electron chi connectivity index (χ3n) is 10.3. The van der Waals surface area contributed by atoms with Crippen molar-refractivity contribution < 1.29 is 48.3 Å². The monoisotopic (exact) mass is 810 g/mol. The summed E-state index contributed by atoms with van der Waals surface area (Å²) < 4.78 is 28.7. The summed E-state index contributed by atoms with van der Waals surface area (Å²) >= 11 is 0. The summed E-state index contributed by atoms with van der Waals surface area (Å²) in [5.41, 5.74) is 7.77. The minimum absolute atomic E-state index is 0.0978. The first-order valence-corrected chi connectivity index (χ1v) is 19.4. The van der Waals surface area contributed by atoms with Crippen LogP contribution in [0.5, 0.6) is 11.5 Å². The molecular weight excluding hydrogens is 761 g/mol. The molecule has 0 unspecified atom stereocenters. The van der Waals surface area contributed by atoms with E-state index in [1.165, 1.54) is 25.3 Å². The highest BCUT2D eigenvalue weighted by Crippen LogP contribution is 2.43. The molecule has 7 N–H and O–H groups in total. The van der Waals surface area contributed by atoms with E-state index < -0.39 is 42.3 Å². The fourth-order valence-corrected chi connectivity index (χ4v) is 7.26. The molecule has 4 heterocycles. The molecule has 15 heteroatoms. The Kier molecular flexibility index (Phi) is 13.7. The molecule has 312 valence electrons. The number of morpholine rings is 1. The number of phenols is 2. The quantitative estimate of drug-likeness (QED) is 0.0589. The van der Waals surface area contributed by atoms with Gasteiger partial charge in [-0.15, -0.1) is 0 Å². The summed E-state index contributed by atoms with van der Waals surface area (Å²) in [4.78, 5) is 40.4. The SMILES string of the molecule is CO[C@@H]1CC(C)=Cc2c(O)c(cc(O)c2NCCCC#Cc2cccc3c(=O)cc(N4CCOCC4)oc23)NC(=O)C2=CC=C[C@H](O2)[C@@H](OC(N)=O)C(C)=C[C@H](C)[C@H]1O. The second kappa shape index (κ2) is 19.0. The number of anilines is 3. The van der Waals surface area contributed by atoms with E-state index in [0.717, 1.165) is 0 Å². The summed E-state index contributed by atoms with van der Waals surface area (Å²) in [5.74, 6) is 4.79. The van der Waals surface area contributed by atoms with E-state index in [1.807, 2.05) is 11.0 Å². The number of nitrogens with zero attached hydrogens (tertiary/aromatic N) is 1. The number of nitrogens with two attached hydrogens (primary N) is 1. The number of hydrogen-bond acceptors (Lipinski definition) is 13. The van der Waals surface area contributed by atoms with Gasteiger partial charge in [0.15, 0.2) is 34.9 Å². The van der Waals surface area contributed by atoms with E-state index in [4.69, 9.17) is 29.1 Å². The minimum Gasteiger partial charge on any atom is -0.506 e. The smallest absolute Gasteiger partial charge is 0.405 e. The number of unbranched alkanes of at least 4 members (excludes halogenated alkanes) is 1. The van der Waals surface area contributed by atoms with Crippen molar-refractivity contribution in [2.75, 3.05) is 55.5 Å². The van der Waals surface area contributed by atoms with Gasteiger partial charge < -0.3 is 60.0 Å². The molecule has 15 nitrogen and oxygen atoms in total. The second-order valence-electron chi connectivity index (χ2n) is 14.7. The molecule has 4 bridgehead atoms. The van der Waals surface area contributed by atoms with Crippen molar-refractivity contribution in [1.29, 1.82) is 0 Å². The number of methoxy groups -OCH3 is 1. The van der Waals surface area contributed by atoms with Crippen molar-refractivity contribution in [3.63, 3.8) is 0 Å². The summed E-state index contributed by atoms with van der Waals surface area (Å²) in [5, 5.41) is 40.7. The number of aliphatic hydroxyl groups excluding tert-OH is 1. The van der Waals surface area contributed by atoms with Crippen LogP contribution in [-0.4, -0.2) is 91.7 Å².